The minimum Gasteiger partial charge on any atom is -0.303 e. The van der Waals surface area contributed by atoms with Gasteiger partial charge in [0, 0.05) is 32.4 Å². The Bertz CT molecular complexity index is 415. The van der Waals surface area contributed by atoms with E-state index in [2.05, 4.69) is 59.3 Å². The van der Waals surface area contributed by atoms with Crippen LogP contribution in [0.15, 0.2) is 41.0 Å². The zero-order valence-electron chi connectivity index (χ0n) is 11.2. The minimum absolute atomic E-state index is 1.02. The first-order valence-corrected chi connectivity index (χ1v) is 6.45. The van der Waals surface area contributed by atoms with Crippen LogP contribution in [0.1, 0.15) is 12.5 Å². The lowest BCUT2D eigenvalue weighted by atomic mass is 10.1. The minimum atomic E-state index is 1.02. The van der Waals surface area contributed by atoms with Gasteiger partial charge in [0.1, 0.15) is 0 Å². The molecule has 0 bridgehead atoms. The SMILES string of the molecule is CC(/C=N/N1CCN(C)CC1)=C\c1ccccc1. The van der Waals surface area contributed by atoms with Crippen LogP contribution in [-0.4, -0.2) is 49.4 Å². The normalized spacial score (nSPS) is 18.6. The standard InChI is InChI=1S/C15H21N3/c1-14(12-15-6-4-3-5-7-15)13-16-18-10-8-17(2)9-11-18/h3-7,12-13H,8-11H2,1-2H3/b14-12+,16-13+. The van der Waals surface area contributed by atoms with Crippen molar-refractivity contribution in [1.82, 2.24) is 9.91 Å². The fraction of sp³-hybridized carbons (Fsp3) is 0.400. The topological polar surface area (TPSA) is 18.8 Å². The lowest BCUT2D eigenvalue weighted by molar-refractivity contribution is 0.159. The summed E-state index contributed by atoms with van der Waals surface area (Å²) in [4.78, 5) is 2.33. The molecular formula is C15H21N3. The smallest absolute Gasteiger partial charge is 0.0499 e. The highest BCUT2D eigenvalue weighted by molar-refractivity contribution is 5.84. The number of allylic oxidation sites excluding steroid dienone is 1. The number of benzene rings is 1. The second-order valence-electron chi connectivity index (χ2n) is 4.80. The maximum Gasteiger partial charge on any atom is 0.0499 e. The number of hydrogen-bond acceptors (Lipinski definition) is 3. The Morgan fingerprint density at radius 1 is 1.11 bits per heavy atom. The van der Waals surface area contributed by atoms with Gasteiger partial charge in [0.25, 0.3) is 0 Å². The first-order valence-electron chi connectivity index (χ1n) is 6.45. The molecule has 0 saturated carbocycles. The van der Waals surface area contributed by atoms with Crippen LogP contribution in [0, 0.1) is 0 Å². The molecule has 96 valence electrons. The van der Waals surface area contributed by atoms with Crippen molar-refractivity contribution in [2.24, 2.45) is 5.10 Å². The molecule has 0 unspecified atom stereocenters. The van der Waals surface area contributed by atoms with E-state index in [4.69, 9.17) is 0 Å². The third-order valence-corrected chi connectivity index (χ3v) is 3.10. The molecular weight excluding hydrogens is 222 g/mol. The Kier molecular flexibility index (Phi) is 4.53. The number of hydrazone groups is 1. The van der Waals surface area contributed by atoms with Gasteiger partial charge in [-0.1, -0.05) is 36.4 Å². The van der Waals surface area contributed by atoms with Gasteiger partial charge in [-0.15, -0.1) is 0 Å². The lowest BCUT2D eigenvalue weighted by Crippen LogP contribution is -2.41. The average Bonchev–Trinajstić information content (AvgIpc) is 2.39. The van der Waals surface area contributed by atoms with E-state index in [-0.39, 0.29) is 0 Å². The van der Waals surface area contributed by atoms with Gasteiger partial charge in [-0.05, 0) is 25.1 Å². The van der Waals surface area contributed by atoms with Gasteiger partial charge in [-0.2, -0.15) is 5.10 Å². The molecule has 1 aliphatic rings. The molecule has 3 heteroatoms. The monoisotopic (exact) mass is 243 g/mol. The highest BCUT2D eigenvalue weighted by Gasteiger charge is 2.10. The number of hydrogen-bond donors (Lipinski definition) is 0. The van der Waals surface area contributed by atoms with Gasteiger partial charge in [0.05, 0.1) is 0 Å². The predicted octanol–water partition coefficient (Wildman–Crippen LogP) is 2.32. The first kappa shape index (κ1) is 12.8. The molecule has 0 atom stereocenters. The summed E-state index contributed by atoms with van der Waals surface area (Å²) in [6, 6.07) is 10.3. The highest BCUT2D eigenvalue weighted by atomic mass is 15.5. The van der Waals surface area contributed by atoms with Gasteiger partial charge in [0.15, 0.2) is 0 Å². The van der Waals surface area contributed by atoms with Crippen LogP contribution >= 0.6 is 0 Å². The molecule has 0 radical (unpaired) electrons. The number of nitrogens with zero attached hydrogens (tertiary/aromatic N) is 3. The molecule has 0 N–H and O–H groups in total. The molecule has 0 aromatic heterocycles. The van der Waals surface area contributed by atoms with Crippen LogP contribution in [-0.2, 0) is 0 Å². The summed E-state index contributed by atoms with van der Waals surface area (Å²) in [5.74, 6) is 0. The van der Waals surface area contributed by atoms with Crippen LogP contribution in [0.2, 0.25) is 0 Å². The largest absolute Gasteiger partial charge is 0.303 e. The Morgan fingerprint density at radius 2 is 1.78 bits per heavy atom. The van der Waals surface area contributed by atoms with Crippen molar-refractivity contribution in [3.8, 4) is 0 Å². The molecule has 1 aliphatic heterocycles. The second kappa shape index (κ2) is 6.36. The number of rotatable bonds is 3. The maximum atomic E-state index is 4.53. The summed E-state index contributed by atoms with van der Waals surface area (Å²) >= 11 is 0. The molecule has 3 nitrogen and oxygen atoms in total. The number of likely N-dealkylation sites (N-methyl/N-ethyl adjacent to an activating group) is 1. The van der Waals surface area contributed by atoms with Gasteiger partial charge in [-0.3, -0.25) is 5.01 Å². The van der Waals surface area contributed by atoms with Gasteiger partial charge in [0.2, 0.25) is 0 Å². The first-order chi connectivity index (χ1) is 8.74. The molecule has 2 rings (SSSR count). The molecule has 18 heavy (non-hydrogen) atoms. The summed E-state index contributed by atoms with van der Waals surface area (Å²) in [6.07, 6.45) is 4.11. The molecule has 0 amide bonds. The second-order valence-corrected chi connectivity index (χ2v) is 4.80. The molecule has 1 saturated heterocycles. The molecule has 1 heterocycles. The van der Waals surface area contributed by atoms with Crippen LogP contribution in [0.25, 0.3) is 6.08 Å². The van der Waals surface area contributed by atoms with Crippen molar-refractivity contribution in [1.29, 1.82) is 0 Å². The fourth-order valence-corrected chi connectivity index (χ4v) is 1.93. The van der Waals surface area contributed by atoms with E-state index in [0.717, 1.165) is 26.2 Å². The quantitative estimate of drug-likeness (QED) is 0.759. The predicted molar refractivity (Wildman–Crippen MR) is 77.7 cm³/mol. The average molecular weight is 243 g/mol. The van der Waals surface area contributed by atoms with E-state index in [9.17, 15) is 0 Å². The zero-order valence-corrected chi connectivity index (χ0v) is 11.2. The summed E-state index contributed by atoms with van der Waals surface area (Å²) in [6.45, 7) is 6.32. The van der Waals surface area contributed by atoms with Crippen LogP contribution < -0.4 is 0 Å². The summed E-state index contributed by atoms with van der Waals surface area (Å²) in [7, 11) is 2.15. The maximum absolute atomic E-state index is 4.53. The highest BCUT2D eigenvalue weighted by Crippen LogP contribution is 2.05. The molecule has 0 spiro atoms. The Labute approximate surface area is 109 Å². The van der Waals surface area contributed by atoms with Crippen molar-refractivity contribution in [2.45, 2.75) is 6.92 Å². The Balaban J connectivity index is 1.91. The third kappa shape index (κ3) is 4.00. The Hall–Kier alpha value is -1.61. The molecule has 1 fully saturated rings. The van der Waals surface area contributed by atoms with Crippen molar-refractivity contribution < 1.29 is 0 Å². The van der Waals surface area contributed by atoms with Crippen molar-refractivity contribution in [2.75, 3.05) is 33.2 Å². The summed E-state index contributed by atoms with van der Waals surface area (Å²) < 4.78 is 0. The van der Waals surface area contributed by atoms with Gasteiger partial charge >= 0.3 is 0 Å². The third-order valence-electron chi connectivity index (χ3n) is 3.10. The van der Waals surface area contributed by atoms with E-state index >= 15 is 0 Å². The van der Waals surface area contributed by atoms with Crippen LogP contribution in [0.3, 0.4) is 0 Å². The fourth-order valence-electron chi connectivity index (χ4n) is 1.93. The molecule has 1 aromatic rings. The van der Waals surface area contributed by atoms with Crippen LogP contribution in [0.5, 0.6) is 0 Å². The van der Waals surface area contributed by atoms with Gasteiger partial charge in [-0.25, -0.2) is 0 Å². The van der Waals surface area contributed by atoms with Gasteiger partial charge < -0.3 is 4.90 Å². The number of piperazine rings is 1. The van der Waals surface area contributed by atoms with E-state index < -0.39 is 0 Å². The lowest BCUT2D eigenvalue weighted by Gasteiger charge is -2.30. The molecule has 0 aliphatic carbocycles. The van der Waals surface area contributed by atoms with E-state index in [1.807, 2.05) is 12.3 Å². The van der Waals surface area contributed by atoms with E-state index in [0.29, 0.717) is 0 Å². The summed E-state index contributed by atoms with van der Waals surface area (Å²) in [5.41, 5.74) is 2.40. The van der Waals surface area contributed by atoms with Crippen molar-refractivity contribution >= 4 is 12.3 Å². The van der Waals surface area contributed by atoms with Crippen molar-refractivity contribution in [3.05, 3.63) is 41.5 Å². The Morgan fingerprint density at radius 3 is 2.44 bits per heavy atom. The summed E-state index contributed by atoms with van der Waals surface area (Å²) in [5, 5.41) is 6.67. The van der Waals surface area contributed by atoms with Crippen molar-refractivity contribution in [3.63, 3.8) is 0 Å². The van der Waals surface area contributed by atoms with E-state index in [1.165, 1.54) is 11.1 Å². The molecule has 1 aromatic carbocycles. The van der Waals surface area contributed by atoms with Crippen LogP contribution in [0.4, 0.5) is 0 Å². The van der Waals surface area contributed by atoms with E-state index in [1.54, 1.807) is 0 Å². The zero-order chi connectivity index (χ0) is 12.8.